The number of nitrogens with two attached hydrogens (primary N) is 1. The molecule has 106 valence electrons. The Hall–Kier alpha value is -1.94. The zero-order valence-corrected chi connectivity index (χ0v) is 12.2. The fourth-order valence-electron chi connectivity index (χ4n) is 1.66. The van der Waals surface area contributed by atoms with E-state index in [1.165, 1.54) is 0 Å². The van der Waals surface area contributed by atoms with Gasteiger partial charge in [-0.1, -0.05) is 30.7 Å². The van der Waals surface area contributed by atoms with E-state index in [1.54, 1.807) is 6.07 Å². The van der Waals surface area contributed by atoms with Gasteiger partial charge in [0.1, 0.15) is 5.82 Å². The molecule has 0 amide bonds. The zero-order chi connectivity index (χ0) is 14.4. The Morgan fingerprint density at radius 3 is 2.65 bits per heavy atom. The molecule has 0 aliphatic carbocycles. The quantitative estimate of drug-likeness (QED) is 0.851. The summed E-state index contributed by atoms with van der Waals surface area (Å²) in [6.45, 7) is 3.32. The van der Waals surface area contributed by atoms with Crippen LogP contribution in [0.15, 0.2) is 36.4 Å². The SMILES string of the molecule is CCCOc1nc(NCc2ccc(Cl)cc2)ccc1N. The van der Waals surface area contributed by atoms with Gasteiger partial charge in [0.05, 0.1) is 12.3 Å². The maximum atomic E-state index is 5.85. The minimum atomic E-state index is 0.480. The molecule has 0 spiro atoms. The number of rotatable bonds is 6. The van der Waals surface area contributed by atoms with Crippen molar-refractivity contribution in [2.75, 3.05) is 17.7 Å². The van der Waals surface area contributed by atoms with Gasteiger partial charge in [0.25, 0.3) is 0 Å². The van der Waals surface area contributed by atoms with Gasteiger partial charge in [0, 0.05) is 11.6 Å². The summed E-state index contributed by atoms with van der Waals surface area (Å²) in [5.41, 5.74) is 7.50. The number of hydrogen-bond donors (Lipinski definition) is 2. The highest BCUT2D eigenvalue weighted by molar-refractivity contribution is 6.30. The molecule has 0 aliphatic heterocycles. The number of aromatic nitrogens is 1. The third-order valence-electron chi connectivity index (χ3n) is 2.72. The minimum Gasteiger partial charge on any atom is -0.476 e. The third kappa shape index (κ3) is 4.03. The van der Waals surface area contributed by atoms with Crippen LogP contribution >= 0.6 is 11.6 Å². The Bertz CT molecular complexity index is 558. The van der Waals surface area contributed by atoms with Crippen molar-refractivity contribution in [3.05, 3.63) is 47.0 Å². The van der Waals surface area contributed by atoms with E-state index in [2.05, 4.69) is 10.3 Å². The molecule has 1 heterocycles. The molecule has 0 saturated heterocycles. The fraction of sp³-hybridized carbons (Fsp3) is 0.267. The minimum absolute atomic E-state index is 0.480. The molecular formula is C15H18ClN3O. The van der Waals surface area contributed by atoms with Gasteiger partial charge in [-0.2, -0.15) is 4.98 Å². The van der Waals surface area contributed by atoms with E-state index in [0.29, 0.717) is 24.7 Å². The summed E-state index contributed by atoms with van der Waals surface area (Å²) < 4.78 is 5.50. The van der Waals surface area contributed by atoms with E-state index in [0.717, 1.165) is 22.8 Å². The monoisotopic (exact) mass is 291 g/mol. The van der Waals surface area contributed by atoms with Crippen molar-refractivity contribution in [3.63, 3.8) is 0 Å². The van der Waals surface area contributed by atoms with Crippen LogP contribution in [0, 0.1) is 0 Å². The van der Waals surface area contributed by atoms with Gasteiger partial charge in [-0.05, 0) is 36.2 Å². The highest BCUT2D eigenvalue weighted by atomic mass is 35.5. The molecule has 1 aromatic carbocycles. The number of anilines is 2. The summed E-state index contributed by atoms with van der Waals surface area (Å²) in [6, 6.07) is 11.3. The molecule has 0 atom stereocenters. The van der Waals surface area contributed by atoms with Crippen LogP contribution in [-0.4, -0.2) is 11.6 Å². The Kier molecular flexibility index (Phi) is 5.07. The first-order chi connectivity index (χ1) is 9.69. The van der Waals surface area contributed by atoms with Crippen LogP contribution in [0.25, 0.3) is 0 Å². The van der Waals surface area contributed by atoms with Crippen molar-refractivity contribution in [1.29, 1.82) is 0 Å². The summed E-state index contributed by atoms with van der Waals surface area (Å²) in [7, 11) is 0. The third-order valence-corrected chi connectivity index (χ3v) is 2.97. The Morgan fingerprint density at radius 1 is 1.20 bits per heavy atom. The van der Waals surface area contributed by atoms with E-state index in [9.17, 15) is 0 Å². The predicted octanol–water partition coefficient (Wildman–Crippen LogP) is 3.72. The summed E-state index contributed by atoms with van der Waals surface area (Å²) in [4.78, 5) is 4.36. The first-order valence-corrected chi connectivity index (χ1v) is 6.94. The molecule has 3 N–H and O–H groups in total. The average Bonchev–Trinajstić information content (AvgIpc) is 2.46. The standard InChI is InChI=1S/C15H18ClN3O/c1-2-9-20-15-13(17)7-8-14(19-15)18-10-11-3-5-12(16)6-4-11/h3-8H,2,9-10,17H2,1H3,(H,18,19). The number of nitrogens with one attached hydrogen (secondary N) is 1. The number of halogens is 1. The van der Waals surface area contributed by atoms with Crippen molar-refractivity contribution in [2.45, 2.75) is 19.9 Å². The van der Waals surface area contributed by atoms with Gasteiger partial charge in [-0.15, -0.1) is 0 Å². The van der Waals surface area contributed by atoms with E-state index >= 15 is 0 Å². The van der Waals surface area contributed by atoms with Crippen LogP contribution in [0.5, 0.6) is 5.88 Å². The number of ether oxygens (including phenoxy) is 1. The van der Waals surface area contributed by atoms with Gasteiger partial charge in [0.2, 0.25) is 5.88 Å². The van der Waals surface area contributed by atoms with Crippen LogP contribution in [0.1, 0.15) is 18.9 Å². The van der Waals surface area contributed by atoms with Crippen molar-refractivity contribution < 1.29 is 4.74 Å². The number of pyridine rings is 1. The number of nitrogens with zero attached hydrogens (tertiary/aromatic N) is 1. The molecule has 0 fully saturated rings. The molecule has 2 aromatic rings. The van der Waals surface area contributed by atoms with Crippen molar-refractivity contribution in [1.82, 2.24) is 4.98 Å². The molecule has 0 bridgehead atoms. The lowest BCUT2D eigenvalue weighted by molar-refractivity contribution is 0.307. The van der Waals surface area contributed by atoms with Gasteiger partial charge in [-0.3, -0.25) is 0 Å². The number of nitrogen functional groups attached to an aromatic ring is 1. The first kappa shape index (κ1) is 14.5. The Balaban J connectivity index is 2.00. The van der Waals surface area contributed by atoms with Crippen LogP contribution < -0.4 is 15.8 Å². The second-order valence-electron chi connectivity index (χ2n) is 4.42. The van der Waals surface area contributed by atoms with Crippen LogP contribution in [0.4, 0.5) is 11.5 Å². The Labute approximate surface area is 123 Å². The summed E-state index contributed by atoms with van der Waals surface area (Å²) in [6.07, 6.45) is 0.920. The molecule has 0 saturated carbocycles. The van der Waals surface area contributed by atoms with Crippen LogP contribution in [0.2, 0.25) is 5.02 Å². The first-order valence-electron chi connectivity index (χ1n) is 6.56. The topological polar surface area (TPSA) is 60.2 Å². The van der Waals surface area contributed by atoms with Crippen molar-refractivity contribution in [3.8, 4) is 5.88 Å². The van der Waals surface area contributed by atoms with E-state index < -0.39 is 0 Å². The highest BCUT2D eigenvalue weighted by Crippen LogP contribution is 2.21. The summed E-state index contributed by atoms with van der Waals surface area (Å²) >= 11 is 5.85. The van der Waals surface area contributed by atoms with Gasteiger partial charge < -0.3 is 15.8 Å². The van der Waals surface area contributed by atoms with Crippen LogP contribution in [0.3, 0.4) is 0 Å². The average molecular weight is 292 g/mol. The van der Waals surface area contributed by atoms with Crippen molar-refractivity contribution >= 4 is 23.1 Å². The molecule has 20 heavy (non-hydrogen) atoms. The number of hydrogen-bond acceptors (Lipinski definition) is 4. The lowest BCUT2D eigenvalue weighted by atomic mass is 10.2. The smallest absolute Gasteiger partial charge is 0.239 e. The Morgan fingerprint density at radius 2 is 1.95 bits per heavy atom. The highest BCUT2D eigenvalue weighted by Gasteiger charge is 2.04. The number of benzene rings is 1. The molecule has 2 rings (SSSR count). The summed E-state index contributed by atoms with van der Waals surface area (Å²) in [5.74, 6) is 1.22. The van der Waals surface area contributed by atoms with Crippen molar-refractivity contribution in [2.24, 2.45) is 0 Å². The molecule has 1 aromatic heterocycles. The normalized spacial score (nSPS) is 10.3. The van der Waals surface area contributed by atoms with Crippen LogP contribution in [-0.2, 0) is 6.54 Å². The van der Waals surface area contributed by atoms with Gasteiger partial charge in [0.15, 0.2) is 0 Å². The lowest BCUT2D eigenvalue weighted by Crippen LogP contribution is -2.05. The second kappa shape index (κ2) is 7.01. The van der Waals surface area contributed by atoms with E-state index in [4.69, 9.17) is 22.1 Å². The van der Waals surface area contributed by atoms with E-state index in [1.807, 2.05) is 37.3 Å². The van der Waals surface area contributed by atoms with Gasteiger partial charge >= 0.3 is 0 Å². The largest absolute Gasteiger partial charge is 0.476 e. The maximum absolute atomic E-state index is 5.85. The molecule has 4 nitrogen and oxygen atoms in total. The van der Waals surface area contributed by atoms with E-state index in [-0.39, 0.29) is 0 Å². The van der Waals surface area contributed by atoms with Gasteiger partial charge in [-0.25, -0.2) is 0 Å². The molecule has 0 radical (unpaired) electrons. The zero-order valence-electron chi connectivity index (χ0n) is 11.4. The second-order valence-corrected chi connectivity index (χ2v) is 4.86. The summed E-state index contributed by atoms with van der Waals surface area (Å²) in [5, 5.41) is 3.97. The fourth-order valence-corrected chi connectivity index (χ4v) is 1.78. The maximum Gasteiger partial charge on any atom is 0.239 e. The molecule has 0 aliphatic rings. The predicted molar refractivity (Wildman–Crippen MR) is 83.2 cm³/mol. The lowest BCUT2D eigenvalue weighted by Gasteiger charge is -2.10. The molecule has 5 heteroatoms. The molecule has 0 unspecified atom stereocenters. The molecular weight excluding hydrogens is 274 g/mol.